The minimum absolute atomic E-state index is 0.0220. The third-order valence-corrected chi connectivity index (χ3v) is 15.0. The Kier molecular flexibility index (Phi) is 11.5. The fourth-order valence-corrected chi connectivity index (χ4v) is 11.2. The van der Waals surface area contributed by atoms with Crippen molar-refractivity contribution in [2.75, 3.05) is 0 Å². The summed E-state index contributed by atoms with van der Waals surface area (Å²) in [5, 5.41) is 0. The van der Waals surface area contributed by atoms with E-state index in [1.54, 1.807) is 0 Å². The van der Waals surface area contributed by atoms with Gasteiger partial charge in [-0.05, 0) is 129 Å². The lowest BCUT2D eigenvalue weighted by Crippen LogP contribution is -2.68. The van der Waals surface area contributed by atoms with Gasteiger partial charge in [-0.3, -0.25) is 0 Å². The van der Waals surface area contributed by atoms with Crippen molar-refractivity contribution in [3.05, 3.63) is 230 Å². The summed E-state index contributed by atoms with van der Waals surface area (Å²) in [4.78, 5) is 16.2. The van der Waals surface area contributed by atoms with Gasteiger partial charge in [-0.15, -0.1) is 0 Å². The molecular formula is C65H55N4+. The fraction of sp³-hybridized carbons (Fsp3) is 0.138. The molecule has 2 aromatic heterocycles. The molecule has 11 rings (SSSR count). The predicted molar refractivity (Wildman–Crippen MR) is 285 cm³/mol. The Labute approximate surface area is 406 Å². The third-order valence-electron chi connectivity index (χ3n) is 15.0. The van der Waals surface area contributed by atoms with Gasteiger partial charge in [0.1, 0.15) is 0 Å². The van der Waals surface area contributed by atoms with Crippen LogP contribution in [0, 0.1) is 0 Å². The van der Waals surface area contributed by atoms with E-state index in [0.29, 0.717) is 17.5 Å². The van der Waals surface area contributed by atoms with E-state index in [1.165, 1.54) is 16.8 Å². The van der Waals surface area contributed by atoms with Crippen LogP contribution < -0.4 is 4.57 Å². The van der Waals surface area contributed by atoms with E-state index >= 15 is 0 Å². The van der Waals surface area contributed by atoms with Gasteiger partial charge in [0.25, 0.3) is 0 Å². The van der Waals surface area contributed by atoms with Crippen LogP contribution in [-0.4, -0.2) is 15.0 Å². The van der Waals surface area contributed by atoms with Crippen LogP contribution in [0.3, 0.4) is 0 Å². The maximum Gasteiger partial charge on any atom is 0.213 e. The molecule has 1 aliphatic heterocycles. The van der Waals surface area contributed by atoms with Crippen molar-refractivity contribution >= 4 is 0 Å². The molecule has 4 nitrogen and oxygen atoms in total. The largest absolute Gasteiger partial charge is 0.213 e. The Morgan fingerprint density at radius 2 is 0.710 bits per heavy atom. The van der Waals surface area contributed by atoms with Gasteiger partial charge in [0.05, 0.1) is 11.0 Å². The molecule has 0 bridgehead atoms. The van der Waals surface area contributed by atoms with E-state index in [1.807, 2.05) is 0 Å². The molecule has 0 saturated heterocycles. The molecule has 0 fully saturated rings. The highest BCUT2D eigenvalue weighted by Crippen LogP contribution is 2.52. The highest BCUT2D eigenvalue weighted by atomic mass is 15.1. The first-order chi connectivity index (χ1) is 33.9. The second kappa shape index (κ2) is 18.2. The second-order valence-electron chi connectivity index (χ2n) is 18.6. The molecular weight excluding hydrogens is 837 g/mol. The van der Waals surface area contributed by atoms with Crippen LogP contribution >= 0.6 is 0 Å². The summed E-state index contributed by atoms with van der Waals surface area (Å²) in [7, 11) is 0. The van der Waals surface area contributed by atoms with Gasteiger partial charge in [-0.1, -0.05) is 172 Å². The first-order valence-electron chi connectivity index (χ1n) is 24.4. The SMILES string of the molecule is CCC1(C)c2ccc(-c3cccc(-c4nc(-c5cc(-c6ccccc6)cc(-c6ccccc6)c5)nc(-c5cc(-c6ccccc6)cc(-c6ccccc6)c5)n4)c3)cc2-c2cccc[n+]2C1(CC)CC. The Balaban J connectivity index is 1.11. The van der Waals surface area contributed by atoms with Gasteiger partial charge in [-0.25, -0.2) is 15.0 Å². The number of nitrogens with zero attached hydrogens (tertiary/aromatic N) is 4. The fourth-order valence-electron chi connectivity index (χ4n) is 11.2. The predicted octanol–water partition coefficient (Wildman–Crippen LogP) is 16.4. The summed E-state index contributed by atoms with van der Waals surface area (Å²) in [6.45, 7) is 9.55. The van der Waals surface area contributed by atoms with E-state index < -0.39 is 0 Å². The van der Waals surface area contributed by atoms with Crippen molar-refractivity contribution in [1.82, 2.24) is 15.0 Å². The Morgan fingerprint density at radius 1 is 0.333 bits per heavy atom. The molecule has 0 spiro atoms. The lowest BCUT2D eigenvalue weighted by atomic mass is 9.58. The number of hydrogen-bond acceptors (Lipinski definition) is 3. The number of aromatic nitrogens is 4. The summed E-state index contributed by atoms with van der Waals surface area (Å²) >= 11 is 0. The average molecular weight is 892 g/mol. The van der Waals surface area contributed by atoms with E-state index in [2.05, 4.69) is 257 Å². The molecule has 334 valence electrons. The van der Waals surface area contributed by atoms with Crippen LogP contribution in [0.15, 0.2) is 225 Å². The number of pyridine rings is 1. The van der Waals surface area contributed by atoms with Crippen molar-refractivity contribution in [2.24, 2.45) is 0 Å². The minimum atomic E-state index is -0.0424. The first-order valence-corrected chi connectivity index (χ1v) is 24.4. The van der Waals surface area contributed by atoms with Gasteiger partial charge < -0.3 is 0 Å². The van der Waals surface area contributed by atoms with Crippen molar-refractivity contribution in [3.63, 3.8) is 0 Å². The number of fused-ring (bicyclic) bond motifs is 3. The van der Waals surface area contributed by atoms with E-state index in [0.717, 1.165) is 91.6 Å². The summed E-state index contributed by atoms with van der Waals surface area (Å²) in [5.74, 6) is 1.83. The Morgan fingerprint density at radius 3 is 1.16 bits per heavy atom. The van der Waals surface area contributed by atoms with Crippen LogP contribution in [0.4, 0.5) is 0 Å². The van der Waals surface area contributed by atoms with Crippen molar-refractivity contribution < 1.29 is 4.57 Å². The minimum Gasteiger partial charge on any atom is -0.208 e. The van der Waals surface area contributed by atoms with Crippen molar-refractivity contribution in [1.29, 1.82) is 0 Å². The molecule has 1 aliphatic rings. The monoisotopic (exact) mass is 891 g/mol. The normalized spacial score (nSPS) is 14.7. The smallest absolute Gasteiger partial charge is 0.208 e. The lowest BCUT2D eigenvalue weighted by molar-refractivity contribution is -0.769. The molecule has 69 heavy (non-hydrogen) atoms. The number of rotatable bonds is 11. The molecule has 0 radical (unpaired) electrons. The summed E-state index contributed by atoms with van der Waals surface area (Å²) in [6.07, 6.45) is 5.47. The van der Waals surface area contributed by atoms with Crippen LogP contribution in [0.1, 0.15) is 52.5 Å². The number of hydrogen-bond donors (Lipinski definition) is 0. The standard InChI is InChI=1S/C65H55N4/c1-5-64(4)59-35-34-50(44-58(59)60-33-20-21-36-69(60)65(64,6-2)7-3)49-31-22-32-51(37-49)61-66-62(56-40-52(45-23-12-8-13-24-45)38-53(41-56)46-25-14-9-15-26-46)68-63(67-61)57-42-54(47-27-16-10-17-28-47)39-55(43-57)48-29-18-11-19-30-48/h8-44H,5-7H2,1-4H3/q+1. The van der Waals surface area contributed by atoms with Gasteiger partial charge in [-0.2, -0.15) is 4.57 Å². The average Bonchev–Trinajstić information content (AvgIpc) is 3.44. The molecule has 10 aromatic rings. The van der Waals surface area contributed by atoms with E-state index in [4.69, 9.17) is 15.0 Å². The molecule has 0 saturated carbocycles. The van der Waals surface area contributed by atoms with Crippen LogP contribution in [0.25, 0.3) is 101 Å². The Bertz CT molecular complexity index is 3190. The van der Waals surface area contributed by atoms with Gasteiger partial charge in [0.15, 0.2) is 29.2 Å². The zero-order valence-corrected chi connectivity index (χ0v) is 39.8. The quantitative estimate of drug-likeness (QED) is 0.122. The number of benzene rings is 8. The van der Waals surface area contributed by atoms with Crippen molar-refractivity contribution in [2.45, 2.75) is 57.9 Å². The maximum atomic E-state index is 5.41. The lowest BCUT2D eigenvalue weighted by Gasteiger charge is -2.47. The summed E-state index contributed by atoms with van der Waals surface area (Å²) in [6, 6.07) is 78.2. The summed E-state index contributed by atoms with van der Waals surface area (Å²) in [5.41, 5.74) is 17.8. The second-order valence-corrected chi connectivity index (χ2v) is 18.6. The Hall–Kier alpha value is -8.08. The van der Waals surface area contributed by atoms with Crippen LogP contribution in [-0.2, 0) is 11.0 Å². The molecule has 1 atom stereocenters. The van der Waals surface area contributed by atoms with E-state index in [9.17, 15) is 0 Å². The molecule has 3 heterocycles. The molecule has 4 heteroatoms. The molecule has 8 aromatic carbocycles. The van der Waals surface area contributed by atoms with Gasteiger partial charge in [0.2, 0.25) is 5.69 Å². The summed E-state index contributed by atoms with van der Waals surface area (Å²) < 4.78 is 2.58. The zero-order chi connectivity index (χ0) is 47.0. The third kappa shape index (κ3) is 7.86. The topological polar surface area (TPSA) is 42.6 Å². The van der Waals surface area contributed by atoms with Crippen LogP contribution in [0.5, 0.6) is 0 Å². The molecule has 0 aliphatic carbocycles. The zero-order valence-electron chi connectivity index (χ0n) is 39.8. The highest BCUT2D eigenvalue weighted by molar-refractivity contribution is 5.84. The highest BCUT2D eigenvalue weighted by Gasteiger charge is 2.58. The van der Waals surface area contributed by atoms with Crippen LogP contribution in [0.2, 0.25) is 0 Å². The first kappa shape index (κ1) is 43.5. The van der Waals surface area contributed by atoms with Crippen molar-refractivity contribution in [3.8, 4) is 101 Å². The molecule has 0 amide bonds. The molecule has 0 N–H and O–H groups in total. The molecule has 1 unspecified atom stereocenters. The van der Waals surface area contributed by atoms with Gasteiger partial charge >= 0.3 is 0 Å². The van der Waals surface area contributed by atoms with E-state index in [-0.39, 0.29) is 11.0 Å². The maximum absolute atomic E-state index is 5.41. The van der Waals surface area contributed by atoms with Gasteiger partial charge in [0, 0.05) is 41.7 Å².